The van der Waals surface area contributed by atoms with Gasteiger partial charge in [0.1, 0.15) is 0 Å². The van der Waals surface area contributed by atoms with Crippen LogP contribution in [0.4, 0.5) is 17.8 Å². The molecule has 1 aromatic heterocycles. The van der Waals surface area contributed by atoms with Crippen LogP contribution in [0, 0.1) is 0 Å². The molecule has 0 aliphatic heterocycles. The maximum atomic E-state index is 9.03. The van der Waals surface area contributed by atoms with Gasteiger partial charge in [-0.25, -0.2) is 0 Å². The van der Waals surface area contributed by atoms with E-state index in [1.807, 2.05) is 18.7 Å². The summed E-state index contributed by atoms with van der Waals surface area (Å²) in [7, 11) is 0. The molecule has 1 aromatic rings. The van der Waals surface area contributed by atoms with Crippen LogP contribution in [0.2, 0.25) is 0 Å². The van der Waals surface area contributed by atoms with E-state index in [-0.39, 0.29) is 19.2 Å². The third-order valence-electron chi connectivity index (χ3n) is 2.70. The number of anilines is 3. The Morgan fingerprint density at radius 2 is 1.37 bits per heavy atom. The van der Waals surface area contributed by atoms with Crippen LogP contribution in [0.15, 0.2) is 0 Å². The van der Waals surface area contributed by atoms with Gasteiger partial charge in [0.2, 0.25) is 17.8 Å². The fourth-order valence-electron chi connectivity index (χ4n) is 1.71. The van der Waals surface area contributed by atoms with Crippen molar-refractivity contribution in [3.63, 3.8) is 0 Å². The molecule has 8 nitrogen and oxygen atoms in total. The molecule has 1 rings (SSSR count). The zero-order valence-corrected chi connectivity index (χ0v) is 11.5. The molecule has 19 heavy (non-hydrogen) atoms. The molecule has 0 atom stereocenters. The van der Waals surface area contributed by atoms with Crippen LogP contribution in [0.25, 0.3) is 0 Å². The van der Waals surface area contributed by atoms with Gasteiger partial charge in [0.05, 0.1) is 13.2 Å². The molecule has 0 unspecified atom stereocenters. The minimum absolute atomic E-state index is 0.0494. The minimum Gasteiger partial charge on any atom is -0.395 e. The first kappa shape index (κ1) is 15.4. The van der Waals surface area contributed by atoms with Gasteiger partial charge in [0, 0.05) is 26.2 Å². The summed E-state index contributed by atoms with van der Waals surface area (Å²) in [5.74, 6) is 1.01. The summed E-state index contributed by atoms with van der Waals surface area (Å²) in [6.45, 7) is 6.10. The second kappa shape index (κ2) is 7.70. The van der Waals surface area contributed by atoms with Gasteiger partial charge < -0.3 is 25.7 Å². The smallest absolute Gasteiger partial charge is 0.232 e. The Morgan fingerprint density at radius 3 is 1.79 bits per heavy atom. The fraction of sp³-hybridized carbons (Fsp3) is 0.727. The fourth-order valence-corrected chi connectivity index (χ4v) is 1.71. The van der Waals surface area contributed by atoms with E-state index in [4.69, 9.17) is 15.9 Å². The Morgan fingerprint density at radius 1 is 0.895 bits per heavy atom. The Balaban J connectivity index is 3.05. The molecule has 8 heteroatoms. The molecule has 0 bridgehead atoms. The van der Waals surface area contributed by atoms with Crippen LogP contribution in [0.3, 0.4) is 0 Å². The lowest BCUT2D eigenvalue weighted by Gasteiger charge is -2.23. The summed E-state index contributed by atoms with van der Waals surface area (Å²) in [5, 5.41) is 18.1. The van der Waals surface area contributed by atoms with E-state index in [0.717, 1.165) is 13.1 Å². The van der Waals surface area contributed by atoms with E-state index >= 15 is 0 Å². The van der Waals surface area contributed by atoms with Crippen molar-refractivity contribution in [2.45, 2.75) is 13.8 Å². The average molecular weight is 270 g/mol. The van der Waals surface area contributed by atoms with Crippen molar-refractivity contribution in [1.29, 1.82) is 0 Å². The lowest BCUT2D eigenvalue weighted by Crippen LogP contribution is -2.33. The first-order valence-corrected chi connectivity index (χ1v) is 6.39. The van der Waals surface area contributed by atoms with E-state index < -0.39 is 0 Å². The standard InChI is InChI=1S/C11H22N6O2/c1-3-16(4-2)10-13-9(12)14-11(15-10)17(5-7-18)6-8-19/h18-19H,3-8H2,1-2H3,(H2,12,13,14,15). The van der Waals surface area contributed by atoms with E-state index in [1.54, 1.807) is 4.90 Å². The third-order valence-corrected chi connectivity index (χ3v) is 2.70. The van der Waals surface area contributed by atoms with Crippen molar-refractivity contribution in [3.05, 3.63) is 0 Å². The largest absolute Gasteiger partial charge is 0.395 e. The molecular weight excluding hydrogens is 248 g/mol. The number of nitrogens with two attached hydrogens (primary N) is 1. The summed E-state index contributed by atoms with van der Waals surface area (Å²) >= 11 is 0. The van der Waals surface area contributed by atoms with E-state index in [1.165, 1.54) is 0 Å². The number of nitrogen functional groups attached to an aromatic ring is 1. The third kappa shape index (κ3) is 4.18. The van der Waals surface area contributed by atoms with Crippen LogP contribution < -0.4 is 15.5 Å². The summed E-state index contributed by atoms with van der Waals surface area (Å²) in [5.41, 5.74) is 5.70. The van der Waals surface area contributed by atoms with Gasteiger partial charge >= 0.3 is 0 Å². The van der Waals surface area contributed by atoms with Crippen molar-refractivity contribution in [2.24, 2.45) is 0 Å². The molecule has 0 aromatic carbocycles. The van der Waals surface area contributed by atoms with Crippen molar-refractivity contribution in [3.8, 4) is 0 Å². The topological polar surface area (TPSA) is 112 Å². The van der Waals surface area contributed by atoms with Gasteiger partial charge in [0.15, 0.2) is 0 Å². The highest BCUT2D eigenvalue weighted by Gasteiger charge is 2.14. The normalized spacial score (nSPS) is 10.5. The molecule has 1 heterocycles. The number of aromatic nitrogens is 3. The monoisotopic (exact) mass is 270 g/mol. The molecule has 0 amide bonds. The average Bonchev–Trinajstić information content (AvgIpc) is 2.39. The number of hydrogen-bond acceptors (Lipinski definition) is 8. The van der Waals surface area contributed by atoms with Gasteiger partial charge in [-0.05, 0) is 13.8 Å². The highest BCUT2D eigenvalue weighted by molar-refractivity contribution is 5.43. The molecule has 0 aliphatic carbocycles. The van der Waals surface area contributed by atoms with Crippen molar-refractivity contribution < 1.29 is 10.2 Å². The predicted molar refractivity (Wildman–Crippen MR) is 74.2 cm³/mol. The van der Waals surface area contributed by atoms with Crippen LogP contribution in [0.1, 0.15) is 13.8 Å². The lowest BCUT2D eigenvalue weighted by atomic mass is 10.5. The summed E-state index contributed by atoms with van der Waals surface area (Å²) in [6, 6.07) is 0. The van der Waals surface area contributed by atoms with Gasteiger partial charge in [-0.3, -0.25) is 0 Å². The minimum atomic E-state index is -0.0494. The zero-order valence-electron chi connectivity index (χ0n) is 11.5. The van der Waals surface area contributed by atoms with Crippen molar-refractivity contribution >= 4 is 17.8 Å². The molecule has 0 spiro atoms. The molecule has 0 radical (unpaired) electrons. The lowest BCUT2D eigenvalue weighted by molar-refractivity contribution is 0.280. The summed E-state index contributed by atoms with van der Waals surface area (Å²) in [4.78, 5) is 16.1. The summed E-state index contributed by atoms with van der Waals surface area (Å²) in [6.07, 6.45) is 0. The highest BCUT2D eigenvalue weighted by Crippen LogP contribution is 2.14. The van der Waals surface area contributed by atoms with Gasteiger partial charge in [0.25, 0.3) is 0 Å². The SMILES string of the molecule is CCN(CC)c1nc(N)nc(N(CCO)CCO)n1. The van der Waals surface area contributed by atoms with Crippen LogP contribution in [0.5, 0.6) is 0 Å². The molecule has 4 N–H and O–H groups in total. The molecule has 108 valence electrons. The number of hydrogen-bond donors (Lipinski definition) is 3. The summed E-state index contributed by atoms with van der Waals surface area (Å²) < 4.78 is 0. The molecular formula is C11H22N6O2. The Bertz CT molecular complexity index is 379. The maximum absolute atomic E-state index is 9.03. The first-order chi connectivity index (χ1) is 9.15. The van der Waals surface area contributed by atoms with Crippen LogP contribution in [-0.2, 0) is 0 Å². The van der Waals surface area contributed by atoms with Crippen molar-refractivity contribution in [2.75, 3.05) is 54.9 Å². The zero-order chi connectivity index (χ0) is 14.3. The highest BCUT2D eigenvalue weighted by atomic mass is 16.3. The number of rotatable bonds is 8. The Kier molecular flexibility index (Phi) is 6.23. The van der Waals surface area contributed by atoms with Crippen LogP contribution in [-0.4, -0.2) is 64.6 Å². The van der Waals surface area contributed by atoms with Crippen LogP contribution >= 0.6 is 0 Å². The Labute approximate surface area is 112 Å². The molecule has 0 fully saturated rings. The quantitative estimate of drug-likeness (QED) is 0.556. The van der Waals surface area contributed by atoms with E-state index in [2.05, 4.69) is 15.0 Å². The molecule has 0 saturated carbocycles. The maximum Gasteiger partial charge on any atom is 0.232 e. The number of nitrogens with zero attached hydrogens (tertiary/aromatic N) is 5. The number of aliphatic hydroxyl groups excluding tert-OH is 2. The number of aliphatic hydroxyl groups is 2. The van der Waals surface area contributed by atoms with E-state index in [9.17, 15) is 0 Å². The predicted octanol–water partition coefficient (Wildman–Crippen LogP) is -0.909. The Hall–Kier alpha value is -1.67. The van der Waals surface area contributed by atoms with Gasteiger partial charge in [-0.2, -0.15) is 15.0 Å². The van der Waals surface area contributed by atoms with Gasteiger partial charge in [-0.1, -0.05) is 0 Å². The van der Waals surface area contributed by atoms with Crippen molar-refractivity contribution in [1.82, 2.24) is 15.0 Å². The second-order valence-corrected chi connectivity index (χ2v) is 3.90. The molecule has 0 aliphatic rings. The van der Waals surface area contributed by atoms with Gasteiger partial charge in [-0.15, -0.1) is 0 Å². The molecule has 0 saturated heterocycles. The van der Waals surface area contributed by atoms with E-state index in [0.29, 0.717) is 25.0 Å². The second-order valence-electron chi connectivity index (χ2n) is 3.90. The first-order valence-electron chi connectivity index (χ1n) is 6.39.